The van der Waals surface area contributed by atoms with Crippen molar-refractivity contribution in [1.82, 2.24) is 19.1 Å². The zero-order chi connectivity index (χ0) is 22.9. The van der Waals surface area contributed by atoms with Crippen molar-refractivity contribution in [3.63, 3.8) is 0 Å². The van der Waals surface area contributed by atoms with Gasteiger partial charge in [-0.05, 0) is 47.8 Å². The lowest BCUT2D eigenvalue weighted by atomic mass is 10.3. The summed E-state index contributed by atoms with van der Waals surface area (Å²) in [6.45, 7) is 0. The molecule has 0 aliphatic rings. The normalized spacial score (nSPS) is 11.6. The van der Waals surface area contributed by atoms with Crippen LogP contribution in [0.2, 0.25) is 0 Å². The first-order valence-corrected chi connectivity index (χ1v) is 11.7. The lowest BCUT2D eigenvalue weighted by Crippen LogP contribution is -2.24. The van der Waals surface area contributed by atoms with Gasteiger partial charge in [-0.1, -0.05) is 18.2 Å². The standard InChI is InChI=1S/C21H18FN5O3S2/c1-26(2)32(29,30)18-8-4-3-6-16(18)23-21(28)19-24-20(17-7-5-13-31-17)27(25-19)15-11-9-14(22)10-12-15/h3-13H,1-2H3,(H,23,28). The number of hydrogen-bond donors (Lipinski definition) is 1. The van der Waals surface area contributed by atoms with Gasteiger partial charge >= 0.3 is 0 Å². The first-order valence-electron chi connectivity index (χ1n) is 9.37. The summed E-state index contributed by atoms with van der Waals surface area (Å²) in [6.07, 6.45) is 0. The van der Waals surface area contributed by atoms with Gasteiger partial charge in [-0.2, -0.15) is 0 Å². The van der Waals surface area contributed by atoms with E-state index in [1.165, 1.54) is 66.5 Å². The first-order chi connectivity index (χ1) is 15.3. The second-order valence-corrected chi connectivity index (χ2v) is 9.93. The number of para-hydroxylation sites is 1. The monoisotopic (exact) mass is 471 g/mol. The SMILES string of the molecule is CN(C)S(=O)(=O)c1ccccc1NC(=O)c1nc(-c2cccs2)n(-c2ccc(F)cc2)n1. The molecule has 1 amide bonds. The Morgan fingerprint density at radius 2 is 1.78 bits per heavy atom. The van der Waals surface area contributed by atoms with Crippen LogP contribution in [0.25, 0.3) is 16.4 Å². The molecule has 2 aromatic carbocycles. The van der Waals surface area contributed by atoms with E-state index in [4.69, 9.17) is 0 Å². The Hall–Kier alpha value is -3.41. The van der Waals surface area contributed by atoms with Crippen molar-refractivity contribution in [1.29, 1.82) is 0 Å². The molecule has 4 rings (SSSR count). The number of rotatable bonds is 6. The maximum absolute atomic E-state index is 13.4. The molecule has 0 radical (unpaired) electrons. The Kier molecular flexibility index (Phi) is 5.87. The summed E-state index contributed by atoms with van der Waals surface area (Å²) < 4.78 is 41.1. The molecule has 0 aliphatic carbocycles. The van der Waals surface area contributed by atoms with Gasteiger partial charge in [-0.15, -0.1) is 16.4 Å². The summed E-state index contributed by atoms with van der Waals surface area (Å²) in [6, 6.07) is 15.4. The van der Waals surface area contributed by atoms with Crippen molar-refractivity contribution in [3.05, 3.63) is 77.7 Å². The van der Waals surface area contributed by atoms with Crippen LogP contribution < -0.4 is 5.32 Å². The molecule has 0 saturated heterocycles. The fourth-order valence-corrected chi connectivity index (χ4v) is 4.64. The number of aromatic nitrogens is 3. The van der Waals surface area contributed by atoms with Gasteiger partial charge in [-0.25, -0.2) is 26.8 Å². The highest BCUT2D eigenvalue weighted by molar-refractivity contribution is 7.89. The Morgan fingerprint density at radius 3 is 2.44 bits per heavy atom. The molecule has 1 N–H and O–H groups in total. The molecule has 2 aromatic heterocycles. The van der Waals surface area contributed by atoms with Gasteiger partial charge in [-0.3, -0.25) is 4.79 Å². The van der Waals surface area contributed by atoms with E-state index < -0.39 is 21.7 Å². The molecule has 4 aromatic rings. The van der Waals surface area contributed by atoms with Gasteiger partial charge < -0.3 is 5.32 Å². The van der Waals surface area contributed by atoms with Gasteiger partial charge in [0.1, 0.15) is 10.7 Å². The molecule has 0 fully saturated rings. The molecule has 32 heavy (non-hydrogen) atoms. The van der Waals surface area contributed by atoms with E-state index in [1.807, 2.05) is 17.5 Å². The zero-order valence-electron chi connectivity index (χ0n) is 17.1. The van der Waals surface area contributed by atoms with E-state index in [0.717, 1.165) is 9.18 Å². The maximum Gasteiger partial charge on any atom is 0.295 e. The highest BCUT2D eigenvalue weighted by atomic mass is 32.2. The summed E-state index contributed by atoms with van der Waals surface area (Å²) in [7, 11) is -0.962. The highest BCUT2D eigenvalue weighted by Gasteiger charge is 2.24. The number of anilines is 1. The summed E-state index contributed by atoms with van der Waals surface area (Å²) in [5, 5.41) is 8.76. The van der Waals surface area contributed by atoms with Crippen molar-refractivity contribution in [2.45, 2.75) is 4.90 Å². The van der Waals surface area contributed by atoms with Gasteiger partial charge in [0.15, 0.2) is 5.82 Å². The average Bonchev–Trinajstić information content (AvgIpc) is 3.44. The van der Waals surface area contributed by atoms with Crippen LogP contribution in [0.4, 0.5) is 10.1 Å². The second kappa shape index (κ2) is 8.61. The van der Waals surface area contributed by atoms with E-state index in [1.54, 1.807) is 12.1 Å². The van der Waals surface area contributed by atoms with E-state index in [-0.39, 0.29) is 16.4 Å². The summed E-state index contributed by atoms with van der Waals surface area (Å²) >= 11 is 1.41. The number of carbonyl (C=O) groups is 1. The minimum Gasteiger partial charge on any atom is -0.318 e. The topological polar surface area (TPSA) is 97.2 Å². The van der Waals surface area contributed by atoms with Crippen LogP contribution in [-0.2, 0) is 10.0 Å². The van der Waals surface area contributed by atoms with Crippen molar-refractivity contribution in [3.8, 4) is 16.4 Å². The van der Waals surface area contributed by atoms with Crippen LogP contribution in [0.1, 0.15) is 10.6 Å². The minimum atomic E-state index is -3.78. The average molecular weight is 472 g/mol. The Bertz CT molecular complexity index is 1360. The van der Waals surface area contributed by atoms with E-state index in [9.17, 15) is 17.6 Å². The Balaban J connectivity index is 1.74. The molecule has 0 saturated carbocycles. The number of amides is 1. The van der Waals surface area contributed by atoms with Crippen LogP contribution in [-0.4, -0.2) is 47.5 Å². The smallest absolute Gasteiger partial charge is 0.295 e. The summed E-state index contributed by atoms with van der Waals surface area (Å²) in [5.41, 5.74) is 0.638. The molecular formula is C21H18FN5O3S2. The van der Waals surface area contributed by atoms with Crippen LogP contribution in [0.3, 0.4) is 0 Å². The van der Waals surface area contributed by atoms with Gasteiger partial charge in [0.2, 0.25) is 15.8 Å². The Morgan fingerprint density at radius 1 is 1.06 bits per heavy atom. The summed E-state index contributed by atoms with van der Waals surface area (Å²) in [5.74, 6) is -0.825. The predicted octanol–water partition coefficient (Wildman–Crippen LogP) is 3.64. The number of halogens is 1. The largest absolute Gasteiger partial charge is 0.318 e. The van der Waals surface area contributed by atoms with Crippen LogP contribution in [0.15, 0.2) is 70.9 Å². The van der Waals surface area contributed by atoms with Crippen molar-refractivity contribution < 1.29 is 17.6 Å². The fraction of sp³-hybridized carbons (Fsp3) is 0.0952. The molecular weight excluding hydrogens is 453 g/mol. The van der Waals surface area contributed by atoms with Crippen molar-refractivity contribution in [2.24, 2.45) is 0 Å². The molecule has 2 heterocycles. The van der Waals surface area contributed by atoms with E-state index >= 15 is 0 Å². The first kappa shape index (κ1) is 21.8. The fourth-order valence-electron chi connectivity index (χ4n) is 2.91. The number of benzene rings is 2. The lowest BCUT2D eigenvalue weighted by Gasteiger charge is -2.15. The predicted molar refractivity (Wildman–Crippen MR) is 120 cm³/mol. The molecule has 11 heteroatoms. The van der Waals surface area contributed by atoms with Gasteiger partial charge in [0.25, 0.3) is 5.91 Å². The highest BCUT2D eigenvalue weighted by Crippen LogP contribution is 2.27. The van der Waals surface area contributed by atoms with Crippen LogP contribution in [0.5, 0.6) is 0 Å². The molecule has 0 unspecified atom stereocenters. The zero-order valence-corrected chi connectivity index (χ0v) is 18.7. The maximum atomic E-state index is 13.4. The van der Waals surface area contributed by atoms with Crippen LogP contribution >= 0.6 is 11.3 Å². The minimum absolute atomic E-state index is 0.0465. The molecule has 164 valence electrons. The molecule has 0 spiro atoms. The number of nitrogens with one attached hydrogen (secondary N) is 1. The molecule has 0 aliphatic heterocycles. The summed E-state index contributed by atoms with van der Waals surface area (Å²) in [4.78, 5) is 18.1. The van der Waals surface area contributed by atoms with Gasteiger partial charge in [0, 0.05) is 14.1 Å². The van der Waals surface area contributed by atoms with Crippen LogP contribution in [0, 0.1) is 5.82 Å². The number of nitrogens with zero attached hydrogens (tertiary/aromatic N) is 4. The number of sulfonamides is 1. The van der Waals surface area contributed by atoms with Crippen molar-refractivity contribution in [2.75, 3.05) is 19.4 Å². The Labute approximate surface area is 188 Å². The van der Waals surface area contributed by atoms with E-state index in [0.29, 0.717) is 11.5 Å². The molecule has 8 nitrogen and oxygen atoms in total. The quantitative estimate of drug-likeness (QED) is 0.463. The third-order valence-electron chi connectivity index (χ3n) is 4.52. The third kappa shape index (κ3) is 4.17. The van der Waals surface area contributed by atoms with E-state index in [2.05, 4.69) is 15.4 Å². The number of thiophene rings is 1. The number of carbonyl (C=O) groups excluding carboxylic acids is 1. The third-order valence-corrected chi connectivity index (χ3v) is 7.26. The van der Waals surface area contributed by atoms with Gasteiger partial charge in [0.05, 0.1) is 16.3 Å². The lowest BCUT2D eigenvalue weighted by molar-refractivity contribution is 0.101. The van der Waals surface area contributed by atoms with Crippen molar-refractivity contribution >= 4 is 33.0 Å². The second-order valence-electron chi connectivity index (χ2n) is 6.86. The molecule has 0 atom stereocenters. The molecule has 0 bridgehead atoms. The number of hydrogen-bond acceptors (Lipinski definition) is 6.